The maximum atomic E-state index is 12.1. The Hall–Kier alpha value is -1.90. The van der Waals surface area contributed by atoms with E-state index in [2.05, 4.69) is 10.0 Å². The van der Waals surface area contributed by atoms with E-state index in [1.807, 2.05) is 19.9 Å². The predicted octanol–water partition coefficient (Wildman–Crippen LogP) is 2.23. The average molecular weight is 325 g/mol. The van der Waals surface area contributed by atoms with Gasteiger partial charge in [-0.3, -0.25) is 9.52 Å². The van der Waals surface area contributed by atoms with Gasteiger partial charge in [-0.2, -0.15) is 8.42 Å². The largest absolute Gasteiger partial charge is 0.321 e. The number of nitrogens with one attached hydrogen (secondary N) is 2. The Labute approximate surface area is 127 Å². The molecular weight excluding hydrogens is 310 g/mol. The summed E-state index contributed by atoms with van der Waals surface area (Å²) in [5, 5.41) is 7.63. The van der Waals surface area contributed by atoms with Gasteiger partial charge in [0.1, 0.15) is 0 Å². The van der Waals surface area contributed by atoms with Crippen LogP contribution >= 0.6 is 11.3 Å². The molecule has 0 bridgehead atoms. The zero-order valence-corrected chi connectivity index (χ0v) is 13.1. The molecule has 1 aromatic heterocycles. The van der Waals surface area contributed by atoms with Gasteiger partial charge in [0.05, 0.1) is 10.6 Å². The van der Waals surface area contributed by atoms with Crippen LogP contribution in [0.3, 0.4) is 0 Å². The van der Waals surface area contributed by atoms with Gasteiger partial charge in [-0.25, -0.2) is 5.14 Å². The molecular formula is C13H15N3O3S2. The number of hydrogen-bond acceptors (Lipinski definition) is 4. The predicted molar refractivity (Wildman–Crippen MR) is 84.9 cm³/mol. The molecule has 0 fully saturated rings. The number of aryl methyl sites for hydroxylation is 2. The number of nitrogens with two attached hydrogens (primary N) is 1. The Kier molecular flexibility index (Phi) is 4.31. The Balaban J connectivity index is 2.16. The first-order valence-electron chi connectivity index (χ1n) is 6.03. The highest BCUT2D eigenvalue weighted by molar-refractivity contribution is 7.90. The van der Waals surface area contributed by atoms with Gasteiger partial charge in [0.2, 0.25) is 0 Å². The van der Waals surface area contributed by atoms with E-state index < -0.39 is 10.2 Å². The van der Waals surface area contributed by atoms with Crippen molar-refractivity contribution in [3.63, 3.8) is 0 Å². The fraction of sp³-hybridized carbons (Fsp3) is 0.154. The van der Waals surface area contributed by atoms with Crippen LogP contribution in [0.1, 0.15) is 20.1 Å². The number of rotatable bonds is 4. The Bertz CT molecular complexity index is 762. The Morgan fingerprint density at radius 1 is 1.19 bits per heavy atom. The monoisotopic (exact) mass is 325 g/mol. The standard InChI is InChI=1S/C13H15N3O3S2/c1-8-6-12(20-9(8)2)13(17)15-10-4-3-5-11(7-10)16-21(14,18)19/h3-7,16H,1-2H3,(H,15,17)(H2,14,18,19). The summed E-state index contributed by atoms with van der Waals surface area (Å²) < 4.78 is 24.1. The normalized spacial score (nSPS) is 11.2. The first kappa shape index (κ1) is 15.5. The second-order valence-electron chi connectivity index (χ2n) is 4.53. The molecule has 0 aliphatic rings. The number of carbonyl (C=O) groups excluding carboxylic acids is 1. The second kappa shape index (κ2) is 5.84. The summed E-state index contributed by atoms with van der Waals surface area (Å²) in [4.78, 5) is 13.8. The molecule has 0 radical (unpaired) electrons. The third-order valence-electron chi connectivity index (χ3n) is 2.77. The average Bonchev–Trinajstić information content (AvgIpc) is 2.68. The van der Waals surface area contributed by atoms with E-state index >= 15 is 0 Å². The van der Waals surface area contributed by atoms with Crippen LogP contribution < -0.4 is 15.2 Å². The highest BCUT2D eigenvalue weighted by Gasteiger charge is 2.11. The van der Waals surface area contributed by atoms with Gasteiger partial charge in [-0.15, -0.1) is 11.3 Å². The molecule has 8 heteroatoms. The van der Waals surface area contributed by atoms with E-state index in [0.29, 0.717) is 10.6 Å². The molecule has 0 aliphatic carbocycles. The maximum absolute atomic E-state index is 12.1. The Morgan fingerprint density at radius 3 is 2.43 bits per heavy atom. The second-order valence-corrected chi connectivity index (χ2v) is 7.08. The van der Waals surface area contributed by atoms with Gasteiger partial charge in [-0.1, -0.05) is 6.07 Å². The van der Waals surface area contributed by atoms with Gasteiger partial charge in [0.25, 0.3) is 16.1 Å². The summed E-state index contributed by atoms with van der Waals surface area (Å²) in [5.41, 5.74) is 1.83. The number of hydrogen-bond donors (Lipinski definition) is 3. The van der Waals surface area contributed by atoms with Crippen LogP contribution in [0.4, 0.5) is 11.4 Å². The van der Waals surface area contributed by atoms with Crippen molar-refractivity contribution < 1.29 is 13.2 Å². The van der Waals surface area contributed by atoms with Crippen molar-refractivity contribution in [1.29, 1.82) is 0 Å². The SMILES string of the molecule is Cc1cc(C(=O)Nc2cccc(NS(N)(=O)=O)c2)sc1C. The van der Waals surface area contributed by atoms with Crippen molar-refractivity contribution in [3.8, 4) is 0 Å². The van der Waals surface area contributed by atoms with Crippen molar-refractivity contribution in [2.45, 2.75) is 13.8 Å². The molecule has 1 amide bonds. The van der Waals surface area contributed by atoms with Crippen molar-refractivity contribution >= 4 is 38.8 Å². The molecule has 0 spiro atoms. The molecule has 112 valence electrons. The lowest BCUT2D eigenvalue weighted by molar-refractivity contribution is 0.103. The topological polar surface area (TPSA) is 101 Å². The number of thiophene rings is 1. The van der Waals surface area contributed by atoms with Crippen LogP contribution in [0.2, 0.25) is 0 Å². The quantitative estimate of drug-likeness (QED) is 0.803. The van der Waals surface area contributed by atoms with Crippen molar-refractivity contribution in [2.75, 3.05) is 10.0 Å². The molecule has 0 atom stereocenters. The zero-order valence-electron chi connectivity index (χ0n) is 11.5. The van der Waals surface area contributed by atoms with Crippen LogP contribution in [-0.4, -0.2) is 14.3 Å². The number of carbonyl (C=O) groups is 1. The van der Waals surface area contributed by atoms with Gasteiger partial charge in [-0.05, 0) is 43.7 Å². The van der Waals surface area contributed by atoms with E-state index in [-0.39, 0.29) is 11.6 Å². The zero-order chi connectivity index (χ0) is 15.6. The van der Waals surface area contributed by atoms with Gasteiger partial charge < -0.3 is 5.32 Å². The minimum absolute atomic E-state index is 0.232. The van der Waals surface area contributed by atoms with Crippen molar-refractivity contribution in [1.82, 2.24) is 0 Å². The minimum atomic E-state index is -3.84. The number of anilines is 2. The number of amides is 1. The summed E-state index contributed by atoms with van der Waals surface area (Å²) in [6.45, 7) is 3.90. The van der Waals surface area contributed by atoms with Gasteiger partial charge >= 0.3 is 0 Å². The highest BCUT2D eigenvalue weighted by atomic mass is 32.2. The molecule has 4 N–H and O–H groups in total. The summed E-state index contributed by atoms with van der Waals surface area (Å²) in [6, 6.07) is 8.14. The van der Waals surface area contributed by atoms with E-state index in [0.717, 1.165) is 10.4 Å². The highest BCUT2D eigenvalue weighted by Crippen LogP contribution is 2.22. The molecule has 2 aromatic rings. The van der Waals surface area contributed by atoms with Crippen molar-refractivity contribution in [2.24, 2.45) is 5.14 Å². The molecule has 0 unspecified atom stereocenters. The summed E-state index contributed by atoms with van der Waals surface area (Å²) >= 11 is 1.41. The fourth-order valence-corrected chi connectivity index (χ4v) is 3.09. The molecule has 0 saturated heterocycles. The van der Waals surface area contributed by atoms with Gasteiger partial charge in [0, 0.05) is 10.6 Å². The molecule has 2 rings (SSSR count). The third-order valence-corrected chi connectivity index (χ3v) is 4.44. The molecule has 6 nitrogen and oxygen atoms in total. The minimum Gasteiger partial charge on any atom is -0.321 e. The van der Waals surface area contributed by atoms with E-state index in [9.17, 15) is 13.2 Å². The van der Waals surface area contributed by atoms with Crippen LogP contribution in [0.5, 0.6) is 0 Å². The Morgan fingerprint density at radius 2 is 1.86 bits per heavy atom. The van der Waals surface area contributed by atoms with E-state index in [1.165, 1.54) is 17.4 Å². The van der Waals surface area contributed by atoms with E-state index in [1.54, 1.807) is 18.2 Å². The molecule has 0 aliphatic heterocycles. The lowest BCUT2D eigenvalue weighted by atomic mass is 10.2. The smallest absolute Gasteiger partial charge is 0.296 e. The third kappa shape index (κ3) is 4.28. The van der Waals surface area contributed by atoms with Gasteiger partial charge in [0.15, 0.2) is 0 Å². The molecule has 0 saturated carbocycles. The van der Waals surface area contributed by atoms with E-state index in [4.69, 9.17) is 5.14 Å². The number of benzene rings is 1. The van der Waals surface area contributed by atoms with Crippen LogP contribution in [-0.2, 0) is 10.2 Å². The molecule has 1 heterocycles. The lowest BCUT2D eigenvalue weighted by Crippen LogP contribution is -2.21. The summed E-state index contributed by atoms with van der Waals surface area (Å²) in [7, 11) is -3.84. The molecule has 1 aromatic carbocycles. The van der Waals surface area contributed by atoms with Crippen molar-refractivity contribution in [3.05, 3.63) is 45.6 Å². The fourth-order valence-electron chi connectivity index (χ4n) is 1.70. The van der Waals surface area contributed by atoms with Crippen LogP contribution in [0.15, 0.2) is 30.3 Å². The lowest BCUT2D eigenvalue weighted by Gasteiger charge is -2.07. The first-order valence-corrected chi connectivity index (χ1v) is 8.40. The summed E-state index contributed by atoms with van der Waals surface area (Å²) in [5.74, 6) is -0.232. The summed E-state index contributed by atoms with van der Waals surface area (Å²) in [6.07, 6.45) is 0. The van der Waals surface area contributed by atoms with Crippen LogP contribution in [0, 0.1) is 13.8 Å². The first-order chi connectivity index (χ1) is 9.74. The molecule has 21 heavy (non-hydrogen) atoms. The van der Waals surface area contributed by atoms with Crippen LogP contribution in [0.25, 0.3) is 0 Å². The maximum Gasteiger partial charge on any atom is 0.296 e.